The van der Waals surface area contributed by atoms with E-state index in [9.17, 15) is 9.59 Å². The molecule has 1 atom stereocenters. The summed E-state index contributed by atoms with van der Waals surface area (Å²) in [5.41, 5.74) is 0.973. The lowest BCUT2D eigenvalue weighted by molar-refractivity contribution is -0.129. The molecule has 2 N–H and O–H groups in total. The van der Waals surface area contributed by atoms with Gasteiger partial charge in [0.1, 0.15) is 0 Å². The van der Waals surface area contributed by atoms with Gasteiger partial charge in [-0.2, -0.15) is 0 Å². The molecule has 1 aliphatic rings. The molecule has 1 fully saturated rings. The summed E-state index contributed by atoms with van der Waals surface area (Å²) in [6.07, 6.45) is 0.368. The third kappa shape index (κ3) is 4.36. The van der Waals surface area contributed by atoms with Crippen molar-refractivity contribution < 1.29 is 9.59 Å². The molecule has 1 aromatic rings. The molecular weight excluding hydrogens is 290 g/mol. The summed E-state index contributed by atoms with van der Waals surface area (Å²) in [6, 6.07) is 7.09. The number of likely N-dealkylation sites (tertiary alicyclic amines) is 1. The predicted octanol–water partition coefficient (Wildman–Crippen LogP) is 2.15. The fraction of sp³-hybridized carbons (Fsp3) is 0.467. The van der Waals surface area contributed by atoms with Gasteiger partial charge in [-0.05, 0) is 31.5 Å². The van der Waals surface area contributed by atoms with E-state index in [0.717, 1.165) is 5.56 Å². The van der Waals surface area contributed by atoms with Gasteiger partial charge in [-0.15, -0.1) is 0 Å². The summed E-state index contributed by atoms with van der Waals surface area (Å²) < 4.78 is 0. The van der Waals surface area contributed by atoms with Crippen molar-refractivity contribution in [2.45, 2.75) is 38.9 Å². The summed E-state index contributed by atoms with van der Waals surface area (Å²) in [7, 11) is 0. The zero-order valence-corrected chi connectivity index (χ0v) is 13.0. The van der Waals surface area contributed by atoms with Crippen LogP contribution in [-0.4, -0.2) is 35.5 Å². The SMILES string of the molecule is CC(C)N1CC(NC(=O)NCc2ccc(Cl)cc2)CC1=O. The normalized spacial score (nSPS) is 18.2. The highest BCUT2D eigenvalue weighted by molar-refractivity contribution is 6.30. The van der Waals surface area contributed by atoms with Crippen LogP contribution in [0.2, 0.25) is 5.02 Å². The molecule has 21 heavy (non-hydrogen) atoms. The molecule has 2 rings (SSSR count). The smallest absolute Gasteiger partial charge is 0.315 e. The molecule has 1 saturated heterocycles. The first-order valence-electron chi connectivity index (χ1n) is 7.04. The number of halogens is 1. The number of nitrogens with zero attached hydrogens (tertiary/aromatic N) is 1. The Bertz CT molecular complexity index is 516. The number of rotatable bonds is 4. The Kier molecular flexibility index (Phi) is 5.07. The second kappa shape index (κ2) is 6.80. The number of amides is 3. The summed E-state index contributed by atoms with van der Waals surface area (Å²) in [6.45, 7) is 4.95. The largest absolute Gasteiger partial charge is 0.338 e. The lowest BCUT2D eigenvalue weighted by Gasteiger charge is -2.21. The van der Waals surface area contributed by atoms with E-state index in [1.165, 1.54) is 0 Å². The van der Waals surface area contributed by atoms with E-state index < -0.39 is 0 Å². The minimum atomic E-state index is -0.256. The quantitative estimate of drug-likeness (QED) is 0.895. The molecular formula is C15H20ClN3O2. The second-order valence-electron chi connectivity index (χ2n) is 5.49. The van der Waals surface area contributed by atoms with Crippen molar-refractivity contribution in [1.29, 1.82) is 0 Å². The number of nitrogens with one attached hydrogen (secondary N) is 2. The van der Waals surface area contributed by atoms with E-state index in [1.54, 1.807) is 17.0 Å². The molecule has 0 bridgehead atoms. The lowest BCUT2D eigenvalue weighted by atomic mass is 10.2. The molecule has 0 radical (unpaired) electrons. The zero-order chi connectivity index (χ0) is 15.4. The van der Waals surface area contributed by atoms with Crippen LogP contribution in [-0.2, 0) is 11.3 Å². The maximum Gasteiger partial charge on any atom is 0.315 e. The van der Waals surface area contributed by atoms with E-state index in [1.807, 2.05) is 26.0 Å². The maximum absolute atomic E-state index is 11.8. The molecule has 0 saturated carbocycles. The van der Waals surface area contributed by atoms with Gasteiger partial charge in [-0.3, -0.25) is 4.79 Å². The standard InChI is InChI=1S/C15H20ClN3O2/c1-10(2)19-9-13(7-14(19)20)18-15(21)17-8-11-3-5-12(16)6-4-11/h3-6,10,13H,7-9H2,1-2H3,(H2,17,18,21). The highest BCUT2D eigenvalue weighted by Gasteiger charge is 2.31. The van der Waals surface area contributed by atoms with Crippen LogP contribution in [0.3, 0.4) is 0 Å². The zero-order valence-electron chi connectivity index (χ0n) is 12.2. The van der Waals surface area contributed by atoms with Crippen molar-refractivity contribution in [3.63, 3.8) is 0 Å². The van der Waals surface area contributed by atoms with Crippen molar-refractivity contribution in [1.82, 2.24) is 15.5 Å². The molecule has 1 aromatic carbocycles. The second-order valence-corrected chi connectivity index (χ2v) is 5.93. The number of hydrogen-bond donors (Lipinski definition) is 2. The van der Waals surface area contributed by atoms with Gasteiger partial charge in [-0.1, -0.05) is 23.7 Å². The van der Waals surface area contributed by atoms with Crippen molar-refractivity contribution in [3.8, 4) is 0 Å². The minimum absolute atomic E-state index is 0.0907. The van der Waals surface area contributed by atoms with E-state index in [2.05, 4.69) is 10.6 Å². The average Bonchev–Trinajstić information content (AvgIpc) is 2.79. The minimum Gasteiger partial charge on any atom is -0.338 e. The molecule has 6 heteroatoms. The van der Waals surface area contributed by atoms with Crippen LogP contribution in [0.4, 0.5) is 4.79 Å². The third-order valence-corrected chi connectivity index (χ3v) is 3.74. The first-order chi connectivity index (χ1) is 9.95. The van der Waals surface area contributed by atoms with Crippen LogP contribution in [0.1, 0.15) is 25.8 Å². The Morgan fingerprint density at radius 2 is 2.05 bits per heavy atom. The van der Waals surface area contributed by atoms with Gasteiger partial charge in [0.15, 0.2) is 0 Å². The summed E-state index contributed by atoms with van der Waals surface area (Å²) in [4.78, 5) is 25.4. The van der Waals surface area contributed by atoms with Crippen molar-refractivity contribution >= 4 is 23.5 Å². The molecule has 3 amide bonds. The topological polar surface area (TPSA) is 61.4 Å². The summed E-state index contributed by atoms with van der Waals surface area (Å²) in [5.74, 6) is 0.0907. The van der Waals surface area contributed by atoms with Gasteiger partial charge in [-0.25, -0.2) is 4.79 Å². The highest BCUT2D eigenvalue weighted by Crippen LogP contribution is 2.14. The van der Waals surface area contributed by atoms with E-state index in [4.69, 9.17) is 11.6 Å². The molecule has 1 aliphatic heterocycles. The van der Waals surface area contributed by atoms with Crippen molar-refractivity contribution in [2.24, 2.45) is 0 Å². The predicted molar refractivity (Wildman–Crippen MR) is 82.1 cm³/mol. The van der Waals surface area contributed by atoms with Crippen LogP contribution in [0, 0.1) is 0 Å². The van der Waals surface area contributed by atoms with E-state index in [0.29, 0.717) is 24.5 Å². The summed E-state index contributed by atoms with van der Waals surface area (Å²) in [5, 5.41) is 6.29. The van der Waals surface area contributed by atoms with Crippen molar-refractivity contribution in [3.05, 3.63) is 34.9 Å². The fourth-order valence-corrected chi connectivity index (χ4v) is 2.47. The summed E-state index contributed by atoms with van der Waals surface area (Å²) >= 11 is 5.80. The third-order valence-electron chi connectivity index (χ3n) is 3.48. The van der Waals surface area contributed by atoms with Gasteiger partial charge < -0.3 is 15.5 Å². The molecule has 0 aliphatic carbocycles. The first-order valence-corrected chi connectivity index (χ1v) is 7.42. The van der Waals surface area contributed by atoms with Crippen LogP contribution >= 0.6 is 11.6 Å². The molecule has 1 heterocycles. The fourth-order valence-electron chi connectivity index (χ4n) is 2.35. The number of carbonyl (C=O) groups is 2. The van der Waals surface area contributed by atoms with Gasteiger partial charge in [0, 0.05) is 30.6 Å². The van der Waals surface area contributed by atoms with Crippen LogP contribution in [0.5, 0.6) is 0 Å². The molecule has 114 valence electrons. The van der Waals surface area contributed by atoms with Crippen LogP contribution in [0.25, 0.3) is 0 Å². The average molecular weight is 310 g/mol. The first kappa shape index (κ1) is 15.6. The van der Waals surface area contributed by atoms with Crippen molar-refractivity contribution in [2.75, 3.05) is 6.54 Å². The number of urea groups is 1. The maximum atomic E-state index is 11.8. The van der Waals surface area contributed by atoms with Crippen LogP contribution < -0.4 is 10.6 Å². The molecule has 5 nitrogen and oxygen atoms in total. The van der Waals surface area contributed by atoms with Gasteiger partial charge >= 0.3 is 6.03 Å². The molecule has 0 aromatic heterocycles. The van der Waals surface area contributed by atoms with Gasteiger partial charge in [0.05, 0.1) is 6.04 Å². The Labute approximate surface area is 129 Å². The Balaban J connectivity index is 1.77. The number of hydrogen-bond acceptors (Lipinski definition) is 2. The van der Waals surface area contributed by atoms with E-state index in [-0.39, 0.29) is 24.0 Å². The highest BCUT2D eigenvalue weighted by atomic mass is 35.5. The molecule has 1 unspecified atom stereocenters. The number of carbonyl (C=O) groups excluding carboxylic acids is 2. The van der Waals surface area contributed by atoms with Gasteiger partial charge in [0.2, 0.25) is 5.91 Å². The molecule has 0 spiro atoms. The monoisotopic (exact) mass is 309 g/mol. The Morgan fingerprint density at radius 3 is 2.62 bits per heavy atom. The van der Waals surface area contributed by atoms with Crippen LogP contribution in [0.15, 0.2) is 24.3 Å². The Hall–Kier alpha value is -1.75. The van der Waals surface area contributed by atoms with E-state index >= 15 is 0 Å². The Morgan fingerprint density at radius 1 is 1.38 bits per heavy atom. The lowest BCUT2D eigenvalue weighted by Crippen LogP contribution is -2.43. The van der Waals surface area contributed by atoms with Gasteiger partial charge in [0.25, 0.3) is 0 Å². The number of benzene rings is 1.